The molecule has 2 aromatic rings. The van der Waals surface area contributed by atoms with Crippen LogP contribution in [-0.2, 0) is 10.0 Å². The number of sulfonamides is 1. The zero-order valence-corrected chi connectivity index (χ0v) is 15.2. The zero-order valence-electron chi connectivity index (χ0n) is 14.4. The first-order chi connectivity index (χ1) is 12.6. The second-order valence-electron chi connectivity index (χ2n) is 6.68. The fraction of sp³-hybridized carbons (Fsp3) is 0.368. The number of ether oxygens (including phenoxy) is 2. The molecule has 0 atom stereocenters. The monoisotopic (exact) mass is 374 g/mol. The Morgan fingerprint density at radius 1 is 0.846 bits per heavy atom. The van der Waals surface area contributed by atoms with Crippen LogP contribution in [0.15, 0.2) is 47.4 Å². The van der Waals surface area contributed by atoms with Gasteiger partial charge in [0.05, 0.1) is 4.90 Å². The van der Waals surface area contributed by atoms with Gasteiger partial charge in [-0.15, -0.1) is 0 Å². The molecule has 7 heteroatoms. The summed E-state index contributed by atoms with van der Waals surface area (Å²) >= 11 is 0. The summed E-state index contributed by atoms with van der Waals surface area (Å²) in [4.78, 5) is 0.145. The fourth-order valence-electron chi connectivity index (χ4n) is 3.38. The van der Waals surface area contributed by atoms with E-state index in [4.69, 9.17) is 9.47 Å². The lowest BCUT2D eigenvalue weighted by Crippen LogP contribution is -2.22. The topological polar surface area (TPSA) is 76.7 Å². The first-order valence-electron chi connectivity index (χ1n) is 8.89. The van der Waals surface area contributed by atoms with Gasteiger partial charge in [0.15, 0.2) is 11.5 Å². The molecule has 1 aliphatic heterocycles. The minimum atomic E-state index is -3.68. The Morgan fingerprint density at radius 3 is 2.31 bits per heavy atom. The van der Waals surface area contributed by atoms with E-state index >= 15 is 0 Å². The minimum Gasteiger partial charge on any atom is -0.454 e. The van der Waals surface area contributed by atoms with Crippen molar-refractivity contribution in [2.75, 3.05) is 16.8 Å². The summed E-state index contributed by atoms with van der Waals surface area (Å²) in [7, 11) is -3.68. The van der Waals surface area contributed by atoms with Crippen LogP contribution in [0, 0.1) is 0 Å². The Balaban J connectivity index is 1.44. The van der Waals surface area contributed by atoms with Crippen molar-refractivity contribution >= 4 is 21.4 Å². The summed E-state index contributed by atoms with van der Waals surface area (Å²) in [5, 5.41) is 3.52. The third kappa shape index (κ3) is 3.72. The van der Waals surface area contributed by atoms with Crippen molar-refractivity contribution in [2.24, 2.45) is 0 Å². The molecule has 0 amide bonds. The molecule has 2 aliphatic rings. The predicted molar refractivity (Wildman–Crippen MR) is 100 cm³/mol. The Hall–Kier alpha value is -2.41. The van der Waals surface area contributed by atoms with Gasteiger partial charge in [0.2, 0.25) is 6.79 Å². The first kappa shape index (κ1) is 17.0. The highest BCUT2D eigenvalue weighted by atomic mass is 32.2. The van der Waals surface area contributed by atoms with Gasteiger partial charge in [0, 0.05) is 23.5 Å². The van der Waals surface area contributed by atoms with Crippen LogP contribution in [0.3, 0.4) is 0 Å². The molecule has 0 spiro atoms. The highest BCUT2D eigenvalue weighted by Gasteiger charge is 2.20. The van der Waals surface area contributed by atoms with Crippen LogP contribution < -0.4 is 19.5 Å². The van der Waals surface area contributed by atoms with E-state index in [1.165, 1.54) is 44.2 Å². The van der Waals surface area contributed by atoms with E-state index in [0.717, 1.165) is 5.69 Å². The van der Waals surface area contributed by atoms with Crippen LogP contribution >= 0.6 is 0 Å². The van der Waals surface area contributed by atoms with Gasteiger partial charge < -0.3 is 14.8 Å². The molecule has 2 aromatic carbocycles. The molecule has 138 valence electrons. The molecule has 1 saturated carbocycles. The lowest BCUT2D eigenvalue weighted by molar-refractivity contribution is 0.174. The standard InChI is InChI=1S/C19H22N2O4S/c22-26(23,17-10-11-18-19(12-17)25-13-24-18)21-16-8-6-15(7-9-16)20-14-4-2-1-3-5-14/h6-12,14,20-21H,1-5,13H2. The van der Waals surface area contributed by atoms with Crippen molar-refractivity contribution in [3.63, 3.8) is 0 Å². The van der Waals surface area contributed by atoms with Crippen molar-refractivity contribution in [1.82, 2.24) is 0 Å². The molecule has 0 radical (unpaired) electrons. The van der Waals surface area contributed by atoms with E-state index in [0.29, 0.717) is 23.2 Å². The van der Waals surface area contributed by atoms with Gasteiger partial charge in [0.1, 0.15) is 0 Å². The molecule has 6 nitrogen and oxygen atoms in total. The SMILES string of the molecule is O=S(=O)(Nc1ccc(NC2CCCCC2)cc1)c1ccc2c(c1)OCO2. The van der Waals surface area contributed by atoms with Crippen molar-refractivity contribution in [3.05, 3.63) is 42.5 Å². The lowest BCUT2D eigenvalue weighted by Gasteiger charge is -2.24. The van der Waals surface area contributed by atoms with Gasteiger partial charge in [-0.25, -0.2) is 8.42 Å². The second kappa shape index (κ2) is 7.07. The van der Waals surface area contributed by atoms with Gasteiger partial charge in [-0.2, -0.15) is 0 Å². The number of nitrogens with one attached hydrogen (secondary N) is 2. The highest BCUT2D eigenvalue weighted by molar-refractivity contribution is 7.92. The maximum absolute atomic E-state index is 12.6. The quantitative estimate of drug-likeness (QED) is 0.828. The van der Waals surface area contributed by atoms with Gasteiger partial charge >= 0.3 is 0 Å². The predicted octanol–water partition coefficient (Wildman–Crippen LogP) is 3.96. The van der Waals surface area contributed by atoms with Crippen LogP contribution in [0.4, 0.5) is 11.4 Å². The normalized spacial score (nSPS) is 17.1. The van der Waals surface area contributed by atoms with Gasteiger partial charge in [0.25, 0.3) is 10.0 Å². The number of hydrogen-bond donors (Lipinski definition) is 2. The van der Waals surface area contributed by atoms with Crippen molar-refractivity contribution in [2.45, 2.75) is 43.0 Å². The Kier molecular flexibility index (Phi) is 4.63. The van der Waals surface area contributed by atoms with E-state index < -0.39 is 10.0 Å². The van der Waals surface area contributed by atoms with Gasteiger partial charge in [-0.05, 0) is 49.2 Å². The van der Waals surface area contributed by atoms with Crippen LogP contribution in [-0.4, -0.2) is 21.3 Å². The highest BCUT2D eigenvalue weighted by Crippen LogP contribution is 2.34. The maximum Gasteiger partial charge on any atom is 0.262 e. The van der Waals surface area contributed by atoms with Crippen molar-refractivity contribution < 1.29 is 17.9 Å². The summed E-state index contributed by atoms with van der Waals surface area (Å²) in [6.07, 6.45) is 6.24. The molecule has 0 aromatic heterocycles. The summed E-state index contributed by atoms with van der Waals surface area (Å²) in [5.74, 6) is 1.00. The van der Waals surface area contributed by atoms with Gasteiger partial charge in [-0.1, -0.05) is 19.3 Å². The third-order valence-electron chi connectivity index (χ3n) is 4.77. The number of fused-ring (bicyclic) bond motifs is 1. The van der Waals surface area contributed by atoms with Gasteiger partial charge in [-0.3, -0.25) is 4.72 Å². The Labute approximate surface area is 153 Å². The maximum atomic E-state index is 12.6. The Bertz CT molecular complexity index is 875. The molecule has 1 heterocycles. The van der Waals surface area contributed by atoms with Crippen LogP contribution in [0.25, 0.3) is 0 Å². The molecule has 0 unspecified atom stereocenters. The Morgan fingerprint density at radius 2 is 1.54 bits per heavy atom. The molecule has 1 aliphatic carbocycles. The largest absolute Gasteiger partial charge is 0.454 e. The molecule has 1 fully saturated rings. The van der Waals surface area contributed by atoms with Crippen LogP contribution in [0.5, 0.6) is 11.5 Å². The number of hydrogen-bond acceptors (Lipinski definition) is 5. The molecular formula is C19H22N2O4S. The molecular weight excluding hydrogens is 352 g/mol. The average Bonchev–Trinajstić information content (AvgIpc) is 3.12. The number of anilines is 2. The molecule has 0 bridgehead atoms. The molecule has 4 rings (SSSR count). The smallest absolute Gasteiger partial charge is 0.262 e. The second-order valence-corrected chi connectivity index (χ2v) is 8.36. The first-order valence-corrected chi connectivity index (χ1v) is 10.4. The molecule has 26 heavy (non-hydrogen) atoms. The summed E-state index contributed by atoms with van der Waals surface area (Å²) in [5.41, 5.74) is 1.54. The summed E-state index contributed by atoms with van der Waals surface area (Å²) in [6.45, 7) is 0.113. The van der Waals surface area contributed by atoms with E-state index in [2.05, 4.69) is 10.0 Å². The summed E-state index contributed by atoms with van der Waals surface area (Å²) in [6, 6.07) is 12.5. The van der Waals surface area contributed by atoms with Crippen LogP contribution in [0.2, 0.25) is 0 Å². The number of rotatable bonds is 5. The van der Waals surface area contributed by atoms with E-state index in [1.807, 2.05) is 12.1 Å². The number of benzene rings is 2. The fourth-order valence-corrected chi connectivity index (χ4v) is 4.45. The lowest BCUT2D eigenvalue weighted by atomic mass is 9.95. The zero-order chi connectivity index (χ0) is 18.0. The van der Waals surface area contributed by atoms with Crippen LogP contribution in [0.1, 0.15) is 32.1 Å². The van der Waals surface area contributed by atoms with Crippen molar-refractivity contribution in [3.8, 4) is 11.5 Å². The molecule has 0 saturated heterocycles. The average molecular weight is 374 g/mol. The summed E-state index contributed by atoms with van der Waals surface area (Å²) < 4.78 is 38.2. The van der Waals surface area contributed by atoms with E-state index in [-0.39, 0.29) is 11.7 Å². The van der Waals surface area contributed by atoms with Crippen molar-refractivity contribution in [1.29, 1.82) is 0 Å². The van der Waals surface area contributed by atoms with E-state index in [1.54, 1.807) is 18.2 Å². The van der Waals surface area contributed by atoms with E-state index in [9.17, 15) is 8.42 Å². The molecule has 2 N–H and O–H groups in total. The minimum absolute atomic E-state index is 0.113. The third-order valence-corrected chi connectivity index (χ3v) is 6.15.